The van der Waals surface area contributed by atoms with Gasteiger partial charge in [0.2, 0.25) is 0 Å². The Hall–Kier alpha value is -1.75. The molecule has 0 aliphatic heterocycles. The zero-order valence-corrected chi connectivity index (χ0v) is 11.6. The zero-order valence-electron chi connectivity index (χ0n) is 11.6. The van der Waals surface area contributed by atoms with Gasteiger partial charge in [-0.25, -0.2) is 0 Å². The molecule has 0 saturated heterocycles. The number of carbonyl (C=O) groups excluding carboxylic acids is 1. The van der Waals surface area contributed by atoms with E-state index in [2.05, 4.69) is 0 Å². The molecule has 0 bridgehead atoms. The lowest BCUT2D eigenvalue weighted by Crippen LogP contribution is -2.28. The summed E-state index contributed by atoms with van der Waals surface area (Å²) in [5, 5.41) is 8.71. The number of hydrogen-bond donors (Lipinski definition) is 2. The fourth-order valence-corrected chi connectivity index (χ4v) is 1.88. The second-order valence-electron chi connectivity index (χ2n) is 4.44. The highest BCUT2D eigenvalue weighted by Gasteiger charge is 2.19. The van der Waals surface area contributed by atoms with Crippen LogP contribution in [0.2, 0.25) is 0 Å². The van der Waals surface area contributed by atoms with E-state index in [1.165, 1.54) is 7.11 Å². The molecule has 5 heteroatoms. The molecule has 0 unspecified atom stereocenters. The van der Waals surface area contributed by atoms with E-state index >= 15 is 0 Å². The van der Waals surface area contributed by atoms with Crippen LogP contribution in [0.4, 0.5) is 5.69 Å². The van der Waals surface area contributed by atoms with Gasteiger partial charge in [-0.3, -0.25) is 4.79 Å². The molecule has 1 amide bonds. The first-order valence-corrected chi connectivity index (χ1v) is 6.40. The van der Waals surface area contributed by atoms with Gasteiger partial charge >= 0.3 is 0 Å². The first-order chi connectivity index (χ1) is 9.11. The molecular formula is C14H22N2O3. The van der Waals surface area contributed by atoms with E-state index in [0.717, 1.165) is 19.3 Å². The molecule has 0 aliphatic carbocycles. The molecule has 1 rings (SSSR count). The van der Waals surface area contributed by atoms with Crippen LogP contribution >= 0.6 is 0 Å². The number of amides is 1. The molecule has 0 aliphatic rings. The van der Waals surface area contributed by atoms with E-state index in [4.69, 9.17) is 15.6 Å². The van der Waals surface area contributed by atoms with Crippen molar-refractivity contribution < 1.29 is 14.6 Å². The summed E-state index contributed by atoms with van der Waals surface area (Å²) in [6, 6.07) is 5.17. The number of anilines is 1. The van der Waals surface area contributed by atoms with Gasteiger partial charge in [0, 0.05) is 25.9 Å². The molecule has 1 aromatic carbocycles. The number of nitrogen functional groups attached to an aromatic ring is 1. The number of nitrogens with zero attached hydrogens (tertiary/aromatic N) is 1. The van der Waals surface area contributed by atoms with E-state index in [-0.39, 0.29) is 12.5 Å². The number of ether oxygens (including phenoxy) is 1. The fourth-order valence-electron chi connectivity index (χ4n) is 1.88. The monoisotopic (exact) mass is 266 g/mol. The maximum Gasteiger partial charge on any atom is 0.259 e. The average Bonchev–Trinajstić information content (AvgIpc) is 2.42. The van der Waals surface area contributed by atoms with Gasteiger partial charge in [-0.05, 0) is 31.4 Å². The van der Waals surface area contributed by atoms with E-state index < -0.39 is 0 Å². The lowest BCUT2D eigenvalue weighted by molar-refractivity contribution is 0.0790. The Kier molecular flexibility index (Phi) is 6.15. The molecule has 106 valence electrons. The number of unbranched alkanes of at least 4 members (excludes halogenated alkanes) is 2. The molecule has 19 heavy (non-hydrogen) atoms. The maximum absolute atomic E-state index is 12.3. The summed E-state index contributed by atoms with van der Waals surface area (Å²) in [5.74, 6) is 0.353. The second-order valence-corrected chi connectivity index (χ2v) is 4.44. The van der Waals surface area contributed by atoms with Crippen LogP contribution in [0.5, 0.6) is 5.75 Å². The van der Waals surface area contributed by atoms with E-state index in [1.807, 2.05) is 0 Å². The van der Waals surface area contributed by atoms with Gasteiger partial charge in [0.15, 0.2) is 0 Å². The Labute approximate surface area is 114 Å². The van der Waals surface area contributed by atoms with Crippen LogP contribution in [0.1, 0.15) is 29.6 Å². The number of nitrogens with two attached hydrogens (primary N) is 1. The molecule has 0 aromatic heterocycles. The molecule has 3 N–H and O–H groups in total. The maximum atomic E-state index is 12.3. The zero-order chi connectivity index (χ0) is 14.3. The number of aliphatic hydroxyl groups is 1. The van der Waals surface area contributed by atoms with Crippen LogP contribution in [0.15, 0.2) is 18.2 Å². The second kappa shape index (κ2) is 7.63. The summed E-state index contributed by atoms with van der Waals surface area (Å²) in [5.41, 5.74) is 6.69. The van der Waals surface area contributed by atoms with Crippen LogP contribution in [0.25, 0.3) is 0 Å². The van der Waals surface area contributed by atoms with Crippen molar-refractivity contribution in [3.05, 3.63) is 23.8 Å². The van der Waals surface area contributed by atoms with Crippen LogP contribution in [-0.4, -0.2) is 43.2 Å². The van der Waals surface area contributed by atoms with Crippen molar-refractivity contribution in [1.82, 2.24) is 4.90 Å². The molecule has 5 nitrogen and oxygen atoms in total. The fraction of sp³-hybridized carbons (Fsp3) is 0.500. The van der Waals surface area contributed by atoms with E-state index in [1.54, 1.807) is 30.1 Å². The van der Waals surface area contributed by atoms with Crippen molar-refractivity contribution in [2.45, 2.75) is 19.3 Å². The number of aliphatic hydroxyl groups excluding tert-OH is 1. The molecule has 0 heterocycles. The van der Waals surface area contributed by atoms with Crippen molar-refractivity contribution >= 4 is 11.6 Å². The van der Waals surface area contributed by atoms with Gasteiger partial charge in [-0.1, -0.05) is 6.07 Å². The Balaban J connectivity index is 2.71. The number of hydrogen-bond acceptors (Lipinski definition) is 4. The highest BCUT2D eigenvalue weighted by atomic mass is 16.5. The largest absolute Gasteiger partial charge is 0.496 e. The van der Waals surface area contributed by atoms with Crippen molar-refractivity contribution in [3.63, 3.8) is 0 Å². The van der Waals surface area contributed by atoms with Crippen LogP contribution in [0, 0.1) is 0 Å². The third-order valence-electron chi connectivity index (χ3n) is 2.99. The van der Waals surface area contributed by atoms with Gasteiger partial charge in [-0.2, -0.15) is 0 Å². The highest BCUT2D eigenvalue weighted by molar-refractivity contribution is 6.01. The smallest absolute Gasteiger partial charge is 0.259 e. The summed E-state index contributed by atoms with van der Waals surface area (Å²) >= 11 is 0. The molecule has 0 atom stereocenters. The SMILES string of the molecule is COc1cccc(N)c1C(=O)N(C)CCCCCO. The van der Waals surface area contributed by atoms with Crippen LogP contribution < -0.4 is 10.5 Å². The number of benzene rings is 1. The van der Waals surface area contributed by atoms with Crippen molar-refractivity contribution in [1.29, 1.82) is 0 Å². The minimum Gasteiger partial charge on any atom is -0.496 e. The van der Waals surface area contributed by atoms with Crippen LogP contribution in [0.3, 0.4) is 0 Å². The molecular weight excluding hydrogens is 244 g/mol. The Morgan fingerprint density at radius 2 is 2.11 bits per heavy atom. The Morgan fingerprint density at radius 3 is 2.74 bits per heavy atom. The topological polar surface area (TPSA) is 75.8 Å². The van der Waals surface area contributed by atoms with Gasteiger partial charge in [-0.15, -0.1) is 0 Å². The average molecular weight is 266 g/mol. The molecule has 0 spiro atoms. The first-order valence-electron chi connectivity index (χ1n) is 6.40. The van der Waals surface area contributed by atoms with Gasteiger partial charge in [0.05, 0.1) is 7.11 Å². The lowest BCUT2D eigenvalue weighted by Gasteiger charge is -2.19. The standard InChI is InChI=1S/C14H22N2O3/c1-16(9-4-3-5-10-17)14(18)13-11(15)7-6-8-12(13)19-2/h6-8,17H,3-5,9-10,15H2,1-2H3. The predicted octanol–water partition coefficient (Wildman–Crippen LogP) is 1.51. The van der Waals surface area contributed by atoms with Gasteiger partial charge < -0.3 is 20.5 Å². The van der Waals surface area contributed by atoms with Gasteiger partial charge in [0.25, 0.3) is 5.91 Å². The normalized spacial score (nSPS) is 10.3. The van der Waals surface area contributed by atoms with Crippen molar-refractivity contribution in [3.8, 4) is 5.75 Å². The highest BCUT2D eigenvalue weighted by Crippen LogP contribution is 2.25. The first kappa shape index (κ1) is 15.3. The summed E-state index contributed by atoms with van der Waals surface area (Å²) in [7, 11) is 3.26. The number of carbonyl (C=O) groups is 1. The van der Waals surface area contributed by atoms with E-state index in [9.17, 15) is 4.79 Å². The van der Waals surface area contributed by atoms with E-state index in [0.29, 0.717) is 23.5 Å². The minimum absolute atomic E-state index is 0.140. The minimum atomic E-state index is -0.140. The summed E-state index contributed by atoms with van der Waals surface area (Å²) in [6.45, 7) is 0.827. The van der Waals surface area contributed by atoms with Crippen molar-refractivity contribution in [2.24, 2.45) is 0 Å². The Bertz CT molecular complexity index is 421. The molecule has 0 saturated carbocycles. The number of methoxy groups -OCH3 is 1. The lowest BCUT2D eigenvalue weighted by atomic mass is 10.1. The predicted molar refractivity (Wildman–Crippen MR) is 75.3 cm³/mol. The quantitative estimate of drug-likeness (QED) is 0.579. The third kappa shape index (κ3) is 4.13. The molecule has 0 fully saturated rings. The summed E-state index contributed by atoms with van der Waals surface area (Å²) in [4.78, 5) is 14.0. The number of rotatable bonds is 7. The van der Waals surface area contributed by atoms with Gasteiger partial charge in [0.1, 0.15) is 11.3 Å². The van der Waals surface area contributed by atoms with Crippen LogP contribution in [-0.2, 0) is 0 Å². The van der Waals surface area contributed by atoms with Crippen molar-refractivity contribution in [2.75, 3.05) is 33.0 Å². The Morgan fingerprint density at radius 1 is 1.37 bits per heavy atom. The molecule has 0 radical (unpaired) electrons. The summed E-state index contributed by atoms with van der Waals surface area (Å²) in [6.07, 6.45) is 2.52. The third-order valence-corrected chi connectivity index (χ3v) is 2.99. The molecule has 1 aromatic rings. The summed E-state index contributed by atoms with van der Waals surface area (Å²) < 4.78 is 5.18.